The summed E-state index contributed by atoms with van der Waals surface area (Å²) in [6.45, 7) is 3.90. The Morgan fingerprint density at radius 2 is 1.44 bits per heavy atom. The Labute approximate surface area is 248 Å². The molecule has 0 spiro atoms. The van der Waals surface area contributed by atoms with Crippen molar-refractivity contribution in [2.45, 2.75) is 31.5 Å². The van der Waals surface area contributed by atoms with Gasteiger partial charge in [-0.1, -0.05) is 24.3 Å². The van der Waals surface area contributed by atoms with Crippen molar-refractivity contribution in [3.8, 4) is 0 Å². The molecule has 4 rings (SSSR count). The summed E-state index contributed by atoms with van der Waals surface area (Å²) in [7, 11) is -7.79. The molecule has 0 aliphatic carbocycles. The topological polar surface area (TPSA) is 113 Å². The molecule has 226 valence electrons. The van der Waals surface area contributed by atoms with E-state index in [4.69, 9.17) is 0 Å². The molecule has 0 unspecified atom stereocenters. The minimum Gasteiger partial charge on any atom is -0.322 e. The molecule has 0 aliphatic rings. The number of carbonyl (C=O) groups excluding carboxylic acids is 1. The van der Waals surface area contributed by atoms with Gasteiger partial charge in [-0.05, 0) is 97.3 Å². The van der Waals surface area contributed by atoms with Crippen molar-refractivity contribution in [2.24, 2.45) is 0 Å². The van der Waals surface area contributed by atoms with E-state index in [0.717, 1.165) is 29.5 Å². The Morgan fingerprint density at radius 3 is 2.02 bits per heavy atom. The van der Waals surface area contributed by atoms with E-state index in [1.807, 2.05) is 19.9 Å². The fourth-order valence-corrected chi connectivity index (χ4v) is 6.03. The Hall–Kier alpha value is -4.36. The summed E-state index contributed by atoms with van der Waals surface area (Å²) >= 11 is 0. The number of hydrogen-bond acceptors (Lipinski definition) is 5. The number of nitrogens with one attached hydrogen (secondary N) is 2. The third-order valence-electron chi connectivity index (χ3n) is 6.59. The lowest BCUT2D eigenvalue weighted by Crippen LogP contribution is -2.29. The Balaban J connectivity index is 1.43. The van der Waals surface area contributed by atoms with E-state index in [1.165, 1.54) is 34.6 Å². The fraction of sp³-hybridized carbons (Fsp3) is 0.167. The lowest BCUT2D eigenvalue weighted by molar-refractivity contribution is -0.137. The number of hydrogen-bond donors (Lipinski definition) is 2. The summed E-state index contributed by atoms with van der Waals surface area (Å²) in [5.41, 5.74) is 2.50. The molecule has 0 aliphatic heterocycles. The van der Waals surface area contributed by atoms with Crippen LogP contribution in [0.5, 0.6) is 0 Å². The molecule has 0 heterocycles. The van der Waals surface area contributed by atoms with Crippen molar-refractivity contribution in [3.63, 3.8) is 0 Å². The Kier molecular flexibility index (Phi) is 8.88. The summed E-state index contributed by atoms with van der Waals surface area (Å²) < 4.78 is 92.7. The minimum absolute atomic E-state index is 0.0632. The maximum absolute atomic E-state index is 13.0. The van der Waals surface area contributed by atoms with Crippen molar-refractivity contribution in [1.29, 1.82) is 0 Å². The van der Waals surface area contributed by atoms with Gasteiger partial charge in [-0.25, -0.2) is 16.8 Å². The van der Waals surface area contributed by atoms with E-state index in [1.54, 1.807) is 36.4 Å². The predicted molar refractivity (Wildman–Crippen MR) is 160 cm³/mol. The van der Waals surface area contributed by atoms with Crippen LogP contribution in [0.4, 0.5) is 30.2 Å². The third-order valence-corrected chi connectivity index (χ3v) is 9.12. The SMILES string of the molecule is Cc1ccc(N(Cc2ccc(C(=O)Nc3ccc(S(=O)(=O)Nc4cccc(C(F)(F)F)c4)cc3)cc2)S(C)(=O)=O)cc1C. The van der Waals surface area contributed by atoms with Crippen LogP contribution < -0.4 is 14.3 Å². The highest BCUT2D eigenvalue weighted by molar-refractivity contribution is 7.92. The van der Waals surface area contributed by atoms with Crippen molar-refractivity contribution in [3.05, 3.63) is 119 Å². The lowest BCUT2D eigenvalue weighted by Gasteiger charge is -2.23. The van der Waals surface area contributed by atoms with Crippen molar-refractivity contribution in [2.75, 3.05) is 20.6 Å². The average molecular weight is 632 g/mol. The van der Waals surface area contributed by atoms with Gasteiger partial charge < -0.3 is 5.32 Å². The molecule has 43 heavy (non-hydrogen) atoms. The number of alkyl halides is 3. The summed E-state index contributed by atoms with van der Waals surface area (Å²) in [5.74, 6) is -0.488. The molecule has 2 N–H and O–H groups in total. The number of carbonyl (C=O) groups is 1. The van der Waals surface area contributed by atoms with Gasteiger partial charge in [-0.3, -0.25) is 13.8 Å². The zero-order valence-electron chi connectivity index (χ0n) is 23.3. The molecule has 1 amide bonds. The number of halogens is 3. The zero-order valence-corrected chi connectivity index (χ0v) is 24.9. The maximum Gasteiger partial charge on any atom is 0.416 e. The Bertz CT molecular complexity index is 1860. The normalized spacial score (nSPS) is 12.0. The van der Waals surface area contributed by atoms with Gasteiger partial charge in [0.05, 0.1) is 28.9 Å². The first-order chi connectivity index (χ1) is 20.0. The van der Waals surface area contributed by atoms with Gasteiger partial charge in [-0.2, -0.15) is 13.2 Å². The highest BCUT2D eigenvalue weighted by Crippen LogP contribution is 2.31. The van der Waals surface area contributed by atoms with Crippen LogP contribution in [-0.2, 0) is 32.8 Å². The number of anilines is 3. The molecule has 0 fully saturated rings. The molecule has 8 nitrogen and oxygen atoms in total. The lowest BCUT2D eigenvalue weighted by atomic mass is 10.1. The largest absolute Gasteiger partial charge is 0.416 e. The molecule has 0 saturated heterocycles. The summed E-state index contributed by atoms with van der Waals surface area (Å²) in [4.78, 5) is 12.6. The molecular weight excluding hydrogens is 603 g/mol. The third kappa shape index (κ3) is 7.93. The second-order valence-electron chi connectivity index (χ2n) is 9.90. The zero-order chi connectivity index (χ0) is 31.6. The van der Waals surface area contributed by atoms with E-state index in [2.05, 4.69) is 10.0 Å². The highest BCUT2D eigenvalue weighted by Gasteiger charge is 2.30. The second-order valence-corrected chi connectivity index (χ2v) is 13.5. The van der Waals surface area contributed by atoms with Gasteiger partial charge in [0.15, 0.2) is 0 Å². The predicted octanol–water partition coefficient (Wildman–Crippen LogP) is 6.34. The van der Waals surface area contributed by atoms with Crippen LogP contribution in [0.1, 0.15) is 32.6 Å². The second kappa shape index (κ2) is 12.1. The van der Waals surface area contributed by atoms with Crippen LogP contribution in [0.3, 0.4) is 0 Å². The van der Waals surface area contributed by atoms with E-state index in [-0.39, 0.29) is 28.4 Å². The molecule has 0 radical (unpaired) electrons. The molecule has 0 atom stereocenters. The first-order valence-corrected chi connectivity index (χ1v) is 16.1. The number of sulfonamides is 2. The van der Waals surface area contributed by atoms with Crippen LogP contribution in [0.15, 0.2) is 95.9 Å². The molecule has 0 saturated carbocycles. The first kappa shape index (κ1) is 31.6. The maximum atomic E-state index is 13.0. The van der Waals surface area contributed by atoms with E-state index >= 15 is 0 Å². The van der Waals surface area contributed by atoms with Crippen LogP contribution >= 0.6 is 0 Å². The highest BCUT2D eigenvalue weighted by atomic mass is 32.2. The number of rotatable bonds is 9. The molecule has 4 aromatic carbocycles. The van der Waals surface area contributed by atoms with Gasteiger partial charge in [0.2, 0.25) is 10.0 Å². The molecule has 0 aromatic heterocycles. The fourth-order valence-electron chi connectivity index (χ4n) is 4.10. The molecule has 13 heteroatoms. The standard InChI is InChI=1S/C30H28F3N3O5S2/c1-20-7-14-27(17-21(20)2)36(42(3,38)39)19-22-8-10-23(11-9-22)29(37)34-25-12-15-28(16-13-25)43(40,41)35-26-6-4-5-24(18-26)30(31,32)33/h4-18,35H,19H2,1-3H3,(H,34,37). The van der Waals surface area contributed by atoms with Crippen molar-refractivity contribution < 1.29 is 34.8 Å². The summed E-state index contributed by atoms with van der Waals surface area (Å²) in [5, 5.41) is 2.65. The van der Waals surface area contributed by atoms with Crippen LogP contribution in [0.2, 0.25) is 0 Å². The van der Waals surface area contributed by atoms with E-state index in [9.17, 15) is 34.8 Å². The van der Waals surface area contributed by atoms with Gasteiger partial charge in [0, 0.05) is 16.9 Å². The number of aryl methyl sites for hydroxylation is 2. The quantitative estimate of drug-likeness (QED) is 0.224. The summed E-state index contributed by atoms with van der Waals surface area (Å²) in [6, 6.07) is 20.7. The number of benzene rings is 4. The van der Waals surface area contributed by atoms with Gasteiger partial charge in [0.1, 0.15) is 0 Å². The smallest absolute Gasteiger partial charge is 0.322 e. The molecule has 0 bridgehead atoms. The van der Waals surface area contributed by atoms with Crippen molar-refractivity contribution >= 4 is 43.0 Å². The van der Waals surface area contributed by atoms with Crippen LogP contribution in [-0.4, -0.2) is 29.0 Å². The molecular formula is C30H28F3N3O5S2. The average Bonchev–Trinajstić information content (AvgIpc) is 2.93. The number of nitrogens with zero attached hydrogens (tertiary/aromatic N) is 1. The molecule has 4 aromatic rings. The first-order valence-electron chi connectivity index (χ1n) is 12.8. The van der Waals surface area contributed by atoms with E-state index < -0.39 is 37.7 Å². The Morgan fingerprint density at radius 1 is 0.791 bits per heavy atom. The minimum atomic E-state index is -4.63. The summed E-state index contributed by atoms with van der Waals surface area (Å²) in [6.07, 6.45) is -3.50. The van der Waals surface area contributed by atoms with E-state index in [0.29, 0.717) is 17.3 Å². The van der Waals surface area contributed by atoms with Gasteiger partial charge in [0.25, 0.3) is 15.9 Å². The monoisotopic (exact) mass is 631 g/mol. The number of amides is 1. The van der Waals surface area contributed by atoms with Crippen molar-refractivity contribution in [1.82, 2.24) is 0 Å². The van der Waals surface area contributed by atoms with Crippen LogP contribution in [0, 0.1) is 13.8 Å². The van der Waals surface area contributed by atoms with Gasteiger partial charge in [-0.15, -0.1) is 0 Å². The van der Waals surface area contributed by atoms with Gasteiger partial charge >= 0.3 is 6.18 Å². The van der Waals surface area contributed by atoms with Crippen LogP contribution in [0.25, 0.3) is 0 Å².